The zero-order chi connectivity index (χ0) is 17.9. The normalized spacial score (nSPS) is 17.8. The number of hydrogen-bond acceptors (Lipinski definition) is 1. The largest absolute Gasteiger partial charge is 0.342 e. The smallest absolute Gasteiger partial charge is 0.233 e. The van der Waals surface area contributed by atoms with Gasteiger partial charge in [0.2, 0.25) is 5.91 Å². The van der Waals surface area contributed by atoms with E-state index in [4.69, 9.17) is 11.6 Å². The van der Waals surface area contributed by atoms with Crippen LogP contribution in [0.15, 0.2) is 67.3 Å². The van der Waals surface area contributed by atoms with Crippen LogP contribution >= 0.6 is 11.6 Å². The van der Waals surface area contributed by atoms with Crippen molar-refractivity contribution in [3.63, 3.8) is 0 Å². The monoisotopic (exact) mass is 357 g/mol. The van der Waals surface area contributed by atoms with Crippen LogP contribution in [0, 0.1) is 0 Å². The van der Waals surface area contributed by atoms with Gasteiger partial charge in [-0.2, -0.15) is 0 Å². The molecule has 3 rings (SSSR count). The summed E-state index contributed by atoms with van der Waals surface area (Å²) in [4.78, 5) is 14.6. The molecule has 0 spiro atoms. The Labute approximate surface area is 152 Å². The minimum atomic E-state index is -1.48. The molecule has 0 aliphatic carbocycles. The molecular weight excluding hydrogens is 337 g/mol. The minimum absolute atomic E-state index is 0.0255. The number of hydrogen-bond donors (Lipinski definition) is 0. The van der Waals surface area contributed by atoms with E-state index in [0.717, 1.165) is 5.56 Å². The highest BCUT2D eigenvalue weighted by molar-refractivity contribution is 6.31. The Morgan fingerprint density at radius 3 is 2.32 bits per heavy atom. The summed E-state index contributed by atoms with van der Waals surface area (Å²) in [5, 5.41) is 0.443. The topological polar surface area (TPSA) is 20.3 Å². The first-order valence-electron chi connectivity index (χ1n) is 8.45. The first-order chi connectivity index (χ1) is 12.0. The van der Waals surface area contributed by atoms with Crippen LogP contribution in [0.4, 0.5) is 4.39 Å². The number of nitrogens with zero attached hydrogens (tertiary/aromatic N) is 1. The minimum Gasteiger partial charge on any atom is -0.342 e. The fourth-order valence-electron chi connectivity index (χ4n) is 3.41. The predicted octanol–water partition coefficient (Wildman–Crippen LogP) is 5.10. The molecule has 0 radical (unpaired) electrons. The van der Waals surface area contributed by atoms with Crippen LogP contribution in [-0.2, 0) is 10.5 Å². The van der Waals surface area contributed by atoms with Gasteiger partial charge < -0.3 is 4.90 Å². The lowest BCUT2D eigenvalue weighted by molar-refractivity contribution is -0.134. The van der Waals surface area contributed by atoms with Crippen LogP contribution in [0.5, 0.6) is 0 Å². The van der Waals surface area contributed by atoms with Gasteiger partial charge in [-0.15, -0.1) is 6.58 Å². The van der Waals surface area contributed by atoms with E-state index in [1.165, 1.54) is 0 Å². The number of likely N-dealkylation sites (tertiary alicyclic amines) is 1. The quantitative estimate of drug-likeness (QED) is 0.697. The summed E-state index contributed by atoms with van der Waals surface area (Å²) >= 11 is 6.17. The molecule has 1 amide bonds. The number of benzene rings is 2. The molecule has 0 aromatic heterocycles. The molecule has 1 aliphatic rings. The zero-order valence-corrected chi connectivity index (χ0v) is 14.8. The standard InChI is InChI=1S/C21H21ClFNO/c1-2-17(16-8-4-3-5-9-16)20(25)24-14-12-21(23,13-15-24)18-10-6-7-11-19(18)22/h2-11,17H,1,12-15H2. The lowest BCUT2D eigenvalue weighted by Gasteiger charge is -2.38. The Morgan fingerprint density at radius 1 is 1.12 bits per heavy atom. The van der Waals surface area contributed by atoms with Crippen LogP contribution in [0.3, 0.4) is 0 Å². The van der Waals surface area contributed by atoms with Crippen molar-refractivity contribution in [2.45, 2.75) is 24.4 Å². The molecule has 1 atom stereocenters. The van der Waals surface area contributed by atoms with Gasteiger partial charge in [0.1, 0.15) is 5.67 Å². The van der Waals surface area contributed by atoms with E-state index in [0.29, 0.717) is 23.7 Å². The summed E-state index contributed by atoms with van der Waals surface area (Å²) in [5.41, 5.74) is -0.0521. The SMILES string of the molecule is C=CC(C(=O)N1CCC(F)(c2ccccc2Cl)CC1)c1ccccc1. The van der Waals surface area contributed by atoms with Crippen LogP contribution in [0.2, 0.25) is 5.02 Å². The van der Waals surface area contributed by atoms with Crippen molar-refractivity contribution < 1.29 is 9.18 Å². The Morgan fingerprint density at radius 2 is 1.72 bits per heavy atom. The van der Waals surface area contributed by atoms with Crippen molar-refractivity contribution in [3.8, 4) is 0 Å². The van der Waals surface area contributed by atoms with E-state index in [1.54, 1.807) is 35.2 Å². The summed E-state index contributed by atoms with van der Waals surface area (Å²) in [6.45, 7) is 4.55. The van der Waals surface area contributed by atoms with E-state index in [1.807, 2.05) is 30.3 Å². The third-order valence-electron chi connectivity index (χ3n) is 4.88. The Bertz CT molecular complexity index is 754. The van der Waals surface area contributed by atoms with Crippen molar-refractivity contribution in [2.75, 3.05) is 13.1 Å². The lowest BCUT2D eigenvalue weighted by Crippen LogP contribution is -2.45. The lowest BCUT2D eigenvalue weighted by atomic mass is 9.85. The van der Waals surface area contributed by atoms with E-state index in [2.05, 4.69) is 6.58 Å². The Hall–Kier alpha value is -2.13. The van der Waals surface area contributed by atoms with Crippen molar-refractivity contribution in [1.29, 1.82) is 0 Å². The first kappa shape index (κ1) is 17.7. The average Bonchev–Trinajstić information content (AvgIpc) is 2.64. The summed E-state index contributed by atoms with van der Waals surface area (Å²) in [7, 11) is 0. The summed E-state index contributed by atoms with van der Waals surface area (Å²) in [5.74, 6) is -0.420. The number of rotatable bonds is 4. The average molecular weight is 358 g/mol. The van der Waals surface area contributed by atoms with Gasteiger partial charge in [-0.25, -0.2) is 4.39 Å². The second kappa shape index (κ2) is 7.40. The fraction of sp³-hybridized carbons (Fsp3) is 0.286. The molecule has 1 aliphatic heterocycles. The molecule has 0 bridgehead atoms. The van der Waals surface area contributed by atoms with E-state index in [-0.39, 0.29) is 18.7 Å². The molecule has 4 heteroatoms. The molecule has 1 fully saturated rings. The van der Waals surface area contributed by atoms with E-state index in [9.17, 15) is 4.79 Å². The highest BCUT2D eigenvalue weighted by atomic mass is 35.5. The number of alkyl halides is 1. The van der Waals surface area contributed by atoms with Crippen molar-refractivity contribution >= 4 is 17.5 Å². The van der Waals surface area contributed by atoms with Crippen molar-refractivity contribution in [3.05, 3.63) is 83.4 Å². The maximum absolute atomic E-state index is 15.4. The van der Waals surface area contributed by atoms with Gasteiger partial charge in [0.05, 0.1) is 5.92 Å². The zero-order valence-electron chi connectivity index (χ0n) is 14.0. The van der Waals surface area contributed by atoms with E-state index >= 15 is 4.39 Å². The molecule has 0 N–H and O–H groups in total. The van der Waals surface area contributed by atoms with Gasteiger partial charge in [-0.1, -0.05) is 66.2 Å². The molecule has 1 unspecified atom stereocenters. The fourth-order valence-corrected chi connectivity index (χ4v) is 3.72. The second-order valence-corrected chi connectivity index (χ2v) is 6.80. The third-order valence-corrected chi connectivity index (χ3v) is 5.21. The summed E-state index contributed by atoms with van der Waals surface area (Å²) < 4.78 is 15.4. The highest BCUT2D eigenvalue weighted by Gasteiger charge is 2.39. The molecule has 2 aromatic carbocycles. The number of carbonyl (C=O) groups is 1. The highest BCUT2D eigenvalue weighted by Crippen LogP contribution is 2.40. The summed E-state index contributed by atoms with van der Waals surface area (Å²) in [6, 6.07) is 16.6. The van der Waals surface area contributed by atoms with Gasteiger partial charge in [-0.05, 0) is 11.6 Å². The van der Waals surface area contributed by atoms with Gasteiger partial charge in [0.15, 0.2) is 0 Å². The Balaban J connectivity index is 1.72. The predicted molar refractivity (Wildman–Crippen MR) is 99.4 cm³/mol. The number of piperidine rings is 1. The first-order valence-corrected chi connectivity index (χ1v) is 8.83. The molecule has 25 heavy (non-hydrogen) atoms. The number of halogens is 2. The van der Waals surface area contributed by atoms with Crippen LogP contribution in [0.1, 0.15) is 29.9 Å². The number of amides is 1. The molecule has 2 aromatic rings. The molecule has 1 heterocycles. The summed E-state index contributed by atoms with van der Waals surface area (Å²) in [6.07, 6.45) is 2.16. The number of carbonyl (C=O) groups excluding carboxylic acids is 1. The van der Waals surface area contributed by atoms with Gasteiger partial charge >= 0.3 is 0 Å². The maximum Gasteiger partial charge on any atom is 0.233 e. The second-order valence-electron chi connectivity index (χ2n) is 6.39. The Kier molecular flexibility index (Phi) is 5.24. The van der Waals surface area contributed by atoms with Crippen LogP contribution in [0.25, 0.3) is 0 Å². The molecule has 130 valence electrons. The molecule has 2 nitrogen and oxygen atoms in total. The van der Waals surface area contributed by atoms with Crippen LogP contribution in [-0.4, -0.2) is 23.9 Å². The van der Waals surface area contributed by atoms with Crippen LogP contribution < -0.4 is 0 Å². The van der Waals surface area contributed by atoms with Crippen molar-refractivity contribution in [1.82, 2.24) is 4.90 Å². The van der Waals surface area contributed by atoms with Crippen molar-refractivity contribution in [2.24, 2.45) is 0 Å². The maximum atomic E-state index is 15.4. The molecule has 0 saturated carbocycles. The van der Waals surface area contributed by atoms with Gasteiger partial charge in [0, 0.05) is 36.5 Å². The van der Waals surface area contributed by atoms with Gasteiger partial charge in [0.25, 0.3) is 0 Å². The third kappa shape index (κ3) is 3.62. The molecule has 1 saturated heterocycles. The van der Waals surface area contributed by atoms with Gasteiger partial charge in [-0.3, -0.25) is 4.79 Å². The molecular formula is C21H21ClFNO. The van der Waals surface area contributed by atoms with E-state index < -0.39 is 11.6 Å².